The van der Waals surface area contributed by atoms with Crippen LogP contribution in [0.15, 0.2) is 40.9 Å². The average Bonchev–Trinajstić information content (AvgIpc) is 2.42. The van der Waals surface area contributed by atoms with Crippen LogP contribution in [-0.2, 0) is 0 Å². The minimum atomic E-state index is -0.375. The number of methoxy groups -OCH3 is 1. The fourth-order valence-corrected chi connectivity index (χ4v) is 2.54. The number of hydrogen-bond acceptors (Lipinski definition) is 2. The van der Waals surface area contributed by atoms with E-state index in [0.29, 0.717) is 22.1 Å². The fraction of sp³-hybridized carbons (Fsp3) is 0.133. The molecule has 2 aromatic carbocycles. The van der Waals surface area contributed by atoms with Gasteiger partial charge in [-0.1, -0.05) is 17.7 Å². The summed E-state index contributed by atoms with van der Waals surface area (Å²) < 4.78 is 6.00. The highest BCUT2D eigenvalue weighted by Gasteiger charge is 2.10. The number of rotatable bonds is 3. The van der Waals surface area contributed by atoms with Gasteiger partial charge in [-0.2, -0.15) is 0 Å². The standard InChI is InChI=1S/C15H14BrClN2O2/c1-9-3-5-12(11(16)7-9)18-15(20)19-13-8-10(17)4-6-14(13)21-2/h3-8H,1-2H3,(H2,18,19,20). The molecular weight excluding hydrogens is 356 g/mol. The van der Waals surface area contributed by atoms with E-state index in [1.165, 1.54) is 7.11 Å². The Morgan fingerprint density at radius 2 is 1.86 bits per heavy atom. The van der Waals surface area contributed by atoms with Crippen LogP contribution < -0.4 is 15.4 Å². The van der Waals surface area contributed by atoms with E-state index < -0.39 is 0 Å². The Hall–Kier alpha value is -1.72. The Labute approximate surface area is 136 Å². The van der Waals surface area contributed by atoms with Crippen molar-refractivity contribution in [1.82, 2.24) is 0 Å². The highest BCUT2D eigenvalue weighted by molar-refractivity contribution is 9.10. The van der Waals surface area contributed by atoms with E-state index in [2.05, 4.69) is 26.6 Å². The summed E-state index contributed by atoms with van der Waals surface area (Å²) in [5, 5.41) is 5.99. The number of aryl methyl sites for hydroxylation is 1. The number of urea groups is 1. The van der Waals surface area contributed by atoms with E-state index in [9.17, 15) is 4.79 Å². The van der Waals surface area contributed by atoms with Crippen molar-refractivity contribution in [2.75, 3.05) is 17.7 Å². The van der Waals surface area contributed by atoms with Gasteiger partial charge in [0.25, 0.3) is 0 Å². The number of benzene rings is 2. The number of carbonyl (C=O) groups excluding carboxylic acids is 1. The van der Waals surface area contributed by atoms with Crippen LogP contribution in [0, 0.1) is 6.92 Å². The van der Waals surface area contributed by atoms with Gasteiger partial charge >= 0.3 is 6.03 Å². The van der Waals surface area contributed by atoms with Crippen LogP contribution in [0.1, 0.15) is 5.56 Å². The Balaban J connectivity index is 2.13. The highest BCUT2D eigenvalue weighted by Crippen LogP contribution is 2.28. The SMILES string of the molecule is COc1ccc(Cl)cc1NC(=O)Nc1ccc(C)cc1Br. The summed E-state index contributed by atoms with van der Waals surface area (Å²) in [7, 11) is 1.53. The van der Waals surface area contributed by atoms with Crippen LogP contribution in [-0.4, -0.2) is 13.1 Å². The van der Waals surface area contributed by atoms with Gasteiger partial charge in [-0.25, -0.2) is 4.79 Å². The Kier molecular flexibility index (Phi) is 5.09. The molecule has 21 heavy (non-hydrogen) atoms. The molecule has 0 bridgehead atoms. The van der Waals surface area contributed by atoms with Crippen LogP contribution in [0.2, 0.25) is 5.02 Å². The van der Waals surface area contributed by atoms with Gasteiger partial charge in [0.2, 0.25) is 0 Å². The molecule has 2 rings (SSSR count). The van der Waals surface area contributed by atoms with E-state index in [1.54, 1.807) is 18.2 Å². The molecule has 0 heterocycles. The van der Waals surface area contributed by atoms with E-state index >= 15 is 0 Å². The van der Waals surface area contributed by atoms with Gasteiger partial charge in [0.05, 0.1) is 18.5 Å². The third-order valence-corrected chi connectivity index (χ3v) is 3.67. The van der Waals surface area contributed by atoms with E-state index in [0.717, 1.165) is 10.0 Å². The van der Waals surface area contributed by atoms with E-state index in [4.69, 9.17) is 16.3 Å². The van der Waals surface area contributed by atoms with E-state index in [-0.39, 0.29) is 6.03 Å². The minimum absolute atomic E-state index is 0.375. The predicted molar refractivity (Wildman–Crippen MR) is 89.5 cm³/mol. The highest BCUT2D eigenvalue weighted by atomic mass is 79.9. The normalized spacial score (nSPS) is 10.1. The van der Waals surface area contributed by atoms with Crippen LogP contribution in [0.25, 0.3) is 0 Å². The number of hydrogen-bond donors (Lipinski definition) is 2. The average molecular weight is 370 g/mol. The molecule has 6 heteroatoms. The summed E-state index contributed by atoms with van der Waals surface area (Å²) in [6, 6.07) is 10.3. The predicted octanol–water partition coefficient (Wildman–Crippen LogP) is 5.06. The Morgan fingerprint density at radius 3 is 2.52 bits per heavy atom. The summed E-state index contributed by atoms with van der Waals surface area (Å²) in [4.78, 5) is 12.1. The molecule has 2 amide bonds. The van der Waals surface area contributed by atoms with Crippen LogP contribution in [0.5, 0.6) is 5.75 Å². The molecule has 2 aromatic rings. The number of ether oxygens (including phenoxy) is 1. The first-order valence-corrected chi connectivity index (χ1v) is 7.34. The van der Waals surface area contributed by atoms with Gasteiger partial charge in [0.15, 0.2) is 0 Å². The second-order valence-corrected chi connectivity index (χ2v) is 5.70. The summed E-state index contributed by atoms with van der Waals surface area (Å²) in [5.41, 5.74) is 2.29. The summed E-state index contributed by atoms with van der Waals surface area (Å²) in [5.74, 6) is 0.539. The summed E-state index contributed by atoms with van der Waals surface area (Å²) in [6.45, 7) is 1.98. The molecule has 0 aliphatic heterocycles. The minimum Gasteiger partial charge on any atom is -0.495 e. The quantitative estimate of drug-likeness (QED) is 0.794. The smallest absolute Gasteiger partial charge is 0.323 e. The monoisotopic (exact) mass is 368 g/mol. The van der Waals surface area contributed by atoms with Crippen LogP contribution >= 0.6 is 27.5 Å². The molecule has 0 saturated carbocycles. The number of carbonyl (C=O) groups is 1. The molecule has 0 spiro atoms. The molecule has 0 aliphatic rings. The number of anilines is 2. The second-order valence-electron chi connectivity index (χ2n) is 4.41. The van der Waals surface area contributed by atoms with Crippen molar-refractivity contribution in [2.24, 2.45) is 0 Å². The summed E-state index contributed by atoms with van der Waals surface area (Å²) in [6.07, 6.45) is 0. The fourth-order valence-electron chi connectivity index (χ4n) is 1.78. The maximum Gasteiger partial charge on any atom is 0.323 e. The molecule has 0 unspecified atom stereocenters. The molecule has 0 aliphatic carbocycles. The first-order valence-electron chi connectivity index (χ1n) is 6.17. The van der Waals surface area contributed by atoms with Crippen molar-refractivity contribution in [2.45, 2.75) is 6.92 Å². The molecule has 0 radical (unpaired) electrons. The first-order chi connectivity index (χ1) is 9.99. The zero-order chi connectivity index (χ0) is 15.4. The molecule has 0 aromatic heterocycles. The van der Waals surface area contributed by atoms with Gasteiger partial charge < -0.3 is 15.4 Å². The van der Waals surface area contributed by atoms with Gasteiger partial charge in [-0.15, -0.1) is 0 Å². The van der Waals surface area contributed by atoms with Crippen molar-refractivity contribution in [3.8, 4) is 5.75 Å². The number of nitrogens with one attached hydrogen (secondary N) is 2. The molecule has 0 fully saturated rings. The van der Waals surface area contributed by atoms with Crippen LogP contribution in [0.3, 0.4) is 0 Å². The zero-order valence-electron chi connectivity index (χ0n) is 11.5. The molecular formula is C15H14BrClN2O2. The Bertz CT molecular complexity index is 677. The Morgan fingerprint density at radius 1 is 1.14 bits per heavy atom. The lowest BCUT2D eigenvalue weighted by Gasteiger charge is -2.12. The topological polar surface area (TPSA) is 50.4 Å². The largest absolute Gasteiger partial charge is 0.495 e. The lowest BCUT2D eigenvalue weighted by molar-refractivity contribution is 0.262. The maximum atomic E-state index is 12.1. The van der Waals surface area contributed by atoms with Gasteiger partial charge in [0, 0.05) is 9.50 Å². The number of halogens is 2. The van der Waals surface area contributed by atoms with Crippen molar-refractivity contribution in [3.63, 3.8) is 0 Å². The van der Waals surface area contributed by atoms with Gasteiger partial charge in [0.1, 0.15) is 5.75 Å². The molecule has 0 saturated heterocycles. The maximum absolute atomic E-state index is 12.1. The van der Waals surface area contributed by atoms with Crippen molar-refractivity contribution < 1.29 is 9.53 Å². The zero-order valence-corrected chi connectivity index (χ0v) is 13.9. The third-order valence-electron chi connectivity index (χ3n) is 2.78. The van der Waals surface area contributed by atoms with Gasteiger partial charge in [-0.3, -0.25) is 0 Å². The first kappa shape index (κ1) is 15.7. The molecule has 110 valence electrons. The van der Waals surface area contributed by atoms with E-state index in [1.807, 2.05) is 25.1 Å². The lowest BCUT2D eigenvalue weighted by Crippen LogP contribution is -2.20. The van der Waals surface area contributed by atoms with Gasteiger partial charge in [-0.05, 0) is 58.7 Å². The van der Waals surface area contributed by atoms with Crippen LogP contribution in [0.4, 0.5) is 16.2 Å². The second kappa shape index (κ2) is 6.83. The van der Waals surface area contributed by atoms with Crippen molar-refractivity contribution in [1.29, 1.82) is 0 Å². The lowest BCUT2D eigenvalue weighted by atomic mass is 10.2. The van der Waals surface area contributed by atoms with Crippen molar-refractivity contribution >= 4 is 44.9 Å². The van der Waals surface area contributed by atoms with Crippen molar-refractivity contribution in [3.05, 3.63) is 51.5 Å². The molecule has 2 N–H and O–H groups in total. The summed E-state index contributed by atoms with van der Waals surface area (Å²) >= 11 is 9.34. The molecule has 0 atom stereocenters. The molecule has 4 nitrogen and oxygen atoms in total. The third kappa shape index (κ3) is 4.12. The number of amides is 2.